The van der Waals surface area contributed by atoms with Gasteiger partial charge in [0.2, 0.25) is 10.0 Å². The second-order valence-corrected chi connectivity index (χ2v) is 9.10. The molecule has 0 aromatic carbocycles. The summed E-state index contributed by atoms with van der Waals surface area (Å²) in [6.07, 6.45) is 4.06. The molecule has 3 rings (SSSR count). The molecule has 2 N–H and O–H groups in total. The Morgan fingerprint density at radius 2 is 2.25 bits per heavy atom. The molecular formula is C18H31IN4O4S. The zero-order chi connectivity index (χ0) is 19.1. The van der Waals surface area contributed by atoms with E-state index in [-0.39, 0.29) is 24.0 Å². The minimum absolute atomic E-state index is 0. The van der Waals surface area contributed by atoms with Crippen LogP contribution in [0.2, 0.25) is 0 Å². The van der Waals surface area contributed by atoms with Crippen LogP contribution in [0.1, 0.15) is 25.5 Å². The van der Waals surface area contributed by atoms with E-state index in [1.165, 1.54) is 0 Å². The van der Waals surface area contributed by atoms with Crippen LogP contribution in [0.3, 0.4) is 0 Å². The highest BCUT2D eigenvalue weighted by Gasteiger charge is 2.34. The van der Waals surface area contributed by atoms with Crippen LogP contribution < -0.4 is 10.0 Å². The molecule has 1 aromatic rings. The van der Waals surface area contributed by atoms with Gasteiger partial charge in [0.15, 0.2) is 5.96 Å². The summed E-state index contributed by atoms with van der Waals surface area (Å²) >= 11 is 0. The Morgan fingerprint density at radius 1 is 1.39 bits per heavy atom. The molecule has 160 valence electrons. The Morgan fingerprint density at radius 3 is 2.93 bits per heavy atom. The molecule has 1 aromatic heterocycles. The third kappa shape index (κ3) is 6.60. The van der Waals surface area contributed by atoms with E-state index in [9.17, 15) is 8.42 Å². The lowest BCUT2D eigenvalue weighted by Gasteiger charge is -2.22. The van der Waals surface area contributed by atoms with Crippen LogP contribution in [-0.2, 0) is 21.2 Å². The van der Waals surface area contributed by atoms with Gasteiger partial charge in [-0.1, -0.05) is 6.92 Å². The molecule has 2 aliphatic rings. The van der Waals surface area contributed by atoms with Gasteiger partial charge in [0.05, 0.1) is 18.1 Å². The molecule has 2 unspecified atom stereocenters. The van der Waals surface area contributed by atoms with E-state index in [1.54, 1.807) is 13.2 Å². The Hall–Kier alpha value is -0.850. The molecule has 2 saturated heterocycles. The van der Waals surface area contributed by atoms with Gasteiger partial charge < -0.3 is 19.4 Å². The number of furan rings is 1. The van der Waals surface area contributed by atoms with Crippen molar-refractivity contribution < 1.29 is 17.6 Å². The fourth-order valence-electron chi connectivity index (χ4n) is 3.46. The lowest BCUT2D eigenvalue weighted by atomic mass is 10.1. The maximum absolute atomic E-state index is 12.3. The van der Waals surface area contributed by atoms with Crippen molar-refractivity contribution in [3.63, 3.8) is 0 Å². The highest BCUT2D eigenvalue weighted by atomic mass is 127. The van der Waals surface area contributed by atoms with Crippen LogP contribution >= 0.6 is 24.0 Å². The van der Waals surface area contributed by atoms with Crippen molar-refractivity contribution in [1.29, 1.82) is 0 Å². The van der Waals surface area contributed by atoms with E-state index >= 15 is 0 Å². The van der Waals surface area contributed by atoms with Crippen molar-refractivity contribution in [1.82, 2.24) is 14.9 Å². The van der Waals surface area contributed by atoms with Crippen molar-refractivity contribution in [3.8, 4) is 0 Å². The standard InChI is InChI=1S/C18H30N4O4S.HI/c1-2-21-27(23,24)17-6-9-22(13-17)18(20-12-15-7-11-25-14-15)19-8-5-16-4-3-10-26-16;/h3-4,10,15,17,21H,2,5-9,11-14H2,1H3,(H,19,20);1H. The first-order valence-electron chi connectivity index (χ1n) is 9.70. The maximum atomic E-state index is 12.3. The predicted molar refractivity (Wildman–Crippen MR) is 120 cm³/mol. The zero-order valence-corrected chi connectivity index (χ0v) is 19.4. The summed E-state index contributed by atoms with van der Waals surface area (Å²) in [5.74, 6) is 2.14. The second kappa shape index (κ2) is 11.4. The molecule has 0 saturated carbocycles. The van der Waals surface area contributed by atoms with Crippen LogP contribution in [0.15, 0.2) is 27.8 Å². The SMILES string of the molecule is CCNS(=O)(=O)C1CCN(C(=NCC2CCOC2)NCCc2ccco2)C1.I. The molecule has 10 heteroatoms. The summed E-state index contributed by atoms with van der Waals surface area (Å²) in [5.41, 5.74) is 0. The third-order valence-electron chi connectivity index (χ3n) is 4.99. The average molecular weight is 526 g/mol. The Kier molecular flexibility index (Phi) is 9.51. The van der Waals surface area contributed by atoms with Crippen LogP contribution in [0.25, 0.3) is 0 Å². The Bertz CT molecular complexity index is 705. The summed E-state index contributed by atoms with van der Waals surface area (Å²) in [6.45, 7) is 6.31. The van der Waals surface area contributed by atoms with E-state index in [1.807, 2.05) is 12.1 Å². The normalized spacial score (nSPS) is 23.0. The summed E-state index contributed by atoms with van der Waals surface area (Å²) in [6, 6.07) is 3.82. The molecule has 28 heavy (non-hydrogen) atoms. The first-order valence-corrected chi connectivity index (χ1v) is 11.2. The van der Waals surface area contributed by atoms with Crippen LogP contribution in [0, 0.1) is 5.92 Å². The molecule has 8 nitrogen and oxygen atoms in total. The number of likely N-dealkylation sites (tertiary alicyclic amines) is 1. The summed E-state index contributed by atoms with van der Waals surface area (Å²) in [5, 5.41) is 2.99. The van der Waals surface area contributed by atoms with Crippen molar-refractivity contribution in [2.24, 2.45) is 10.9 Å². The first kappa shape index (κ1) is 23.4. The molecule has 0 radical (unpaired) electrons. The van der Waals surface area contributed by atoms with Crippen molar-refractivity contribution in [2.75, 3.05) is 45.9 Å². The van der Waals surface area contributed by atoms with Gasteiger partial charge in [-0.3, -0.25) is 4.99 Å². The van der Waals surface area contributed by atoms with E-state index in [4.69, 9.17) is 14.1 Å². The number of nitrogens with one attached hydrogen (secondary N) is 2. The van der Waals surface area contributed by atoms with Crippen molar-refractivity contribution in [3.05, 3.63) is 24.2 Å². The molecule has 3 heterocycles. The molecule has 0 bridgehead atoms. The largest absolute Gasteiger partial charge is 0.469 e. The van der Waals surface area contributed by atoms with Crippen LogP contribution in [0.5, 0.6) is 0 Å². The number of nitrogens with zero attached hydrogens (tertiary/aromatic N) is 2. The molecule has 2 aliphatic heterocycles. The van der Waals surface area contributed by atoms with Crippen molar-refractivity contribution in [2.45, 2.75) is 31.4 Å². The molecular weight excluding hydrogens is 495 g/mol. The number of aliphatic imine (C=N–C) groups is 1. The van der Waals surface area contributed by atoms with Gasteiger partial charge in [-0.2, -0.15) is 0 Å². The van der Waals surface area contributed by atoms with E-state index in [0.717, 1.165) is 37.8 Å². The third-order valence-corrected chi connectivity index (χ3v) is 6.94. The molecule has 0 amide bonds. The van der Waals surface area contributed by atoms with Crippen LogP contribution in [0.4, 0.5) is 0 Å². The highest BCUT2D eigenvalue weighted by Crippen LogP contribution is 2.17. The van der Waals surface area contributed by atoms with Gasteiger partial charge in [-0.05, 0) is 25.0 Å². The quantitative estimate of drug-likeness (QED) is 0.303. The van der Waals surface area contributed by atoms with Crippen LogP contribution in [-0.4, -0.2) is 70.5 Å². The molecule has 2 fully saturated rings. The number of sulfonamides is 1. The van der Waals surface area contributed by atoms with Gasteiger partial charge in [0.1, 0.15) is 5.76 Å². The smallest absolute Gasteiger partial charge is 0.216 e. The summed E-state index contributed by atoms with van der Waals surface area (Å²) in [7, 11) is -3.27. The minimum atomic E-state index is -3.27. The van der Waals surface area contributed by atoms with Crippen molar-refractivity contribution >= 4 is 40.0 Å². The molecule has 0 spiro atoms. The number of rotatable bonds is 8. The van der Waals surface area contributed by atoms with Gasteiger partial charge in [0, 0.05) is 51.7 Å². The fraction of sp³-hybridized carbons (Fsp3) is 0.722. The Balaban J connectivity index is 0.00000280. The van der Waals surface area contributed by atoms with Gasteiger partial charge in [-0.25, -0.2) is 13.1 Å². The highest BCUT2D eigenvalue weighted by molar-refractivity contribution is 14.0. The van der Waals surface area contributed by atoms with E-state index in [2.05, 4.69) is 14.9 Å². The molecule has 0 aliphatic carbocycles. The maximum Gasteiger partial charge on any atom is 0.216 e. The number of guanidine groups is 1. The lowest BCUT2D eigenvalue weighted by molar-refractivity contribution is 0.187. The monoisotopic (exact) mass is 526 g/mol. The average Bonchev–Trinajstić information content (AvgIpc) is 3.40. The number of ether oxygens (including phenoxy) is 1. The number of halogens is 1. The predicted octanol–water partition coefficient (Wildman–Crippen LogP) is 1.44. The van der Waals surface area contributed by atoms with Gasteiger partial charge in [-0.15, -0.1) is 24.0 Å². The van der Waals surface area contributed by atoms with E-state index < -0.39 is 15.3 Å². The topological polar surface area (TPSA) is 96.2 Å². The molecule has 2 atom stereocenters. The second-order valence-electron chi connectivity index (χ2n) is 7.05. The Labute approximate surface area is 184 Å². The van der Waals surface area contributed by atoms with Gasteiger partial charge in [0.25, 0.3) is 0 Å². The summed E-state index contributed by atoms with van der Waals surface area (Å²) in [4.78, 5) is 6.83. The number of hydrogen-bond acceptors (Lipinski definition) is 5. The van der Waals surface area contributed by atoms with Gasteiger partial charge >= 0.3 is 0 Å². The lowest BCUT2D eigenvalue weighted by Crippen LogP contribution is -2.43. The first-order chi connectivity index (χ1) is 13.1. The van der Waals surface area contributed by atoms with E-state index in [0.29, 0.717) is 45.1 Å². The zero-order valence-electron chi connectivity index (χ0n) is 16.3. The number of hydrogen-bond donors (Lipinski definition) is 2. The fourth-order valence-corrected chi connectivity index (χ4v) is 4.89. The minimum Gasteiger partial charge on any atom is -0.469 e. The summed E-state index contributed by atoms with van der Waals surface area (Å²) < 4.78 is 38.0.